The molecule has 2 heterocycles. The van der Waals surface area contributed by atoms with E-state index in [9.17, 15) is 9.18 Å². The van der Waals surface area contributed by atoms with Crippen LogP contribution in [0.2, 0.25) is 0 Å². The molecule has 0 radical (unpaired) electrons. The molecule has 0 bridgehead atoms. The number of nitrogens with zero attached hydrogens (tertiary/aromatic N) is 2. The van der Waals surface area contributed by atoms with Crippen LogP contribution in [-0.2, 0) is 11.2 Å². The van der Waals surface area contributed by atoms with Gasteiger partial charge in [0.25, 0.3) is 0 Å². The summed E-state index contributed by atoms with van der Waals surface area (Å²) in [5.74, 6) is 1.09. The molecule has 28 heavy (non-hydrogen) atoms. The van der Waals surface area contributed by atoms with Crippen LogP contribution in [0.4, 0.5) is 4.39 Å². The Kier molecular flexibility index (Phi) is 8.28. The molecule has 2 aliphatic rings. The molecule has 2 fully saturated rings. The van der Waals surface area contributed by atoms with Crippen LogP contribution in [0.5, 0.6) is 0 Å². The lowest BCUT2D eigenvalue weighted by atomic mass is 10.0. The fraction of sp³-hybridized carbons (Fsp3) is 0.500. The van der Waals surface area contributed by atoms with Gasteiger partial charge in [-0.1, -0.05) is 0 Å². The van der Waals surface area contributed by atoms with Gasteiger partial charge in [0, 0.05) is 24.7 Å². The van der Waals surface area contributed by atoms with Crippen molar-refractivity contribution in [3.8, 4) is 11.5 Å². The van der Waals surface area contributed by atoms with Crippen LogP contribution in [0.1, 0.15) is 31.4 Å². The van der Waals surface area contributed by atoms with Crippen LogP contribution in [0, 0.1) is 11.7 Å². The summed E-state index contributed by atoms with van der Waals surface area (Å²) in [7, 11) is 0. The molecule has 4 rings (SSSR count). The van der Waals surface area contributed by atoms with Crippen LogP contribution in [-0.4, -0.2) is 41.5 Å². The van der Waals surface area contributed by atoms with Crippen LogP contribution in [0.25, 0.3) is 11.5 Å². The number of oxazole rings is 1. The first kappa shape index (κ1) is 22.7. The smallest absolute Gasteiger partial charge is 0.228 e. The highest BCUT2D eigenvalue weighted by molar-refractivity contribution is 5.85. The first-order chi connectivity index (χ1) is 12.7. The monoisotopic (exact) mass is 429 g/mol. The third-order valence-corrected chi connectivity index (χ3v) is 5.22. The van der Waals surface area contributed by atoms with E-state index in [-0.39, 0.29) is 43.0 Å². The Morgan fingerprint density at radius 2 is 1.82 bits per heavy atom. The Balaban J connectivity index is 0.00000140. The second-order valence-corrected chi connectivity index (χ2v) is 7.33. The molecule has 1 aliphatic carbocycles. The molecule has 2 aromatic rings. The Bertz CT molecular complexity index is 757. The van der Waals surface area contributed by atoms with Crippen molar-refractivity contribution >= 4 is 30.7 Å². The van der Waals surface area contributed by atoms with Gasteiger partial charge in [-0.25, -0.2) is 9.37 Å². The van der Waals surface area contributed by atoms with Crippen LogP contribution in [0.15, 0.2) is 34.9 Å². The normalized spacial score (nSPS) is 17.0. The molecule has 0 unspecified atom stereocenters. The van der Waals surface area contributed by atoms with E-state index in [1.54, 1.807) is 12.1 Å². The number of aromatic nitrogens is 1. The fourth-order valence-electron chi connectivity index (χ4n) is 3.37. The number of benzene rings is 1. The maximum atomic E-state index is 13.0. The minimum absolute atomic E-state index is 0. The van der Waals surface area contributed by atoms with Gasteiger partial charge in [0.1, 0.15) is 12.1 Å². The standard InChI is InChI=1S/C20H24FN3O2.2ClH/c21-16-5-3-15(4-6-16)20-23-18(13-26-20)11-19(25)24-9-7-17(8-10-24)22-12-14-1-2-14;;/h3-6,13-14,17,22H,1-2,7-12H2;2*1H. The number of carbonyl (C=O) groups excluding carboxylic acids is 1. The maximum absolute atomic E-state index is 13.0. The van der Waals surface area contributed by atoms with E-state index in [4.69, 9.17) is 4.42 Å². The SMILES string of the molecule is Cl.Cl.O=C(Cc1coc(-c2ccc(F)cc2)n1)N1CCC(NCC2CC2)CC1. The molecular formula is C20H26Cl2FN3O2. The molecule has 1 saturated heterocycles. The molecule has 8 heteroatoms. The minimum atomic E-state index is -0.300. The van der Waals surface area contributed by atoms with Crippen LogP contribution < -0.4 is 5.32 Å². The number of halogens is 3. The summed E-state index contributed by atoms with van der Waals surface area (Å²) in [4.78, 5) is 18.8. The third kappa shape index (κ3) is 5.93. The second kappa shape index (κ2) is 10.2. The van der Waals surface area contributed by atoms with E-state index in [2.05, 4.69) is 10.3 Å². The van der Waals surface area contributed by atoms with Crippen LogP contribution in [0.3, 0.4) is 0 Å². The lowest BCUT2D eigenvalue weighted by molar-refractivity contribution is -0.131. The highest BCUT2D eigenvalue weighted by Gasteiger charge is 2.26. The number of hydrogen-bond acceptors (Lipinski definition) is 4. The predicted octanol–water partition coefficient (Wildman–Crippen LogP) is 3.86. The highest BCUT2D eigenvalue weighted by atomic mass is 35.5. The summed E-state index contributed by atoms with van der Waals surface area (Å²) < 4.78 is 18.4. The zero-order valence-corrected chi connectivity index (χ0v) is 17.2. The van der Waals surface area contributed by atoms with E-state index in [0.29, 0.717) is 23.2 Å². The first-order valence-corrected chi connectivity index (χ1v) is 9.39. The molecule has 0 atom stereocenters. The largest absolute Gasteiger partial charge is 0.444 e. The number of likely N-dealkylation sites (tertiary alicyclic amines) is 1. The molecular weight excluding hydrogens is 404 g/mol. The van der Waals surface area contributed by atoms with E-state index < -0.39 is 0 Å². The molecule has 1 aromatic carbocycles. The Morgan fingerprint density at radius 3 is 2.46 bits per heavy atom. The van der Waals surface area contributed by atoms with E-state index >= 15 is 0 Å². The number of hydrogen-bond donors (Lipinski definition) is 1. The molecule has 154 valence electrons. The topological polar surface area (TPSA) is 58.4 Å². The van der Waals surface area contributed by atoms with Gasteiger partial charge < -0.3 is 14.6 Å². The van der Waals surface area contributed by atoms with Gasteiger partial charge in [0.15, 0.2) is 0 Å². The van der Waals surface area contributed by atoms with Crippen molar-refractivity contribution in [2.75, 3.05) is 19.6 Å². The molecule has 1 aromatic heterocycles. The molecule has 1 N–H and O–H groups in total. The van der Waals surface area contributed by atoms with Gasteiger partial charge in [0.05, 0.1) is 12.1 Å². The number of piperidine rings is 1. The molecule has 1 saturated carbocycles. The summed E-state index contributed by atoms with van der Waals surface area (Å²) in [6.45, 7) is 2.72. The molecule has 5 nitrogen and oxygen atoms in total. The summed E-state index contributed by atoms with van der Waals surface area (Å²) in [5.41, 5.74) is 1.32. The third-order valence-electron chi connectivity index (χ3n) is 5.22. The lowest BCUT2D eigenvalue weighted by Crippen LogP contribution is -2.45. The second-order valence-electron chi connectivity index (χ2n) is 7.33. The van der Waals surface area contributed by atoms with Crippen molar-refractivity contribution in [1.82, 2.24) is 15.2 Å². The van der Waals surface area contributed by atoms with Crippen molar-refractivity contribution in [1.29, 1.82) is 0 Å². The zero-order valence-electron chi connectivity index (χ0n) is 15.6. The van der Waals surface area contributed by atoms with Crippen LogP contribution >= 0.6 is 24.8 Å². The predicted molar refractivity (Wildman–Crippen MR) is 110 cm³/mol. The highest BCUT2D eigenvalue weighted by Crippen LogP contribution is 2.28. The average molecular weight is 430 g/mol. The maximum Gasteiger partial charge on any atom is 0.228 e. The minimum Gasteiger partial charge on any atom is -0.444 e. The molecule has 0 spiro atoms. The number of nitrogens with one attached hydrogen (secondary N) is 1. The van der Waals surface area contributed by atoms with Crippen molar-refractivity contribution in [3.63, 3.8) is 0 Å². The molecule has 1 aliphatic heterocycles. The summed E-state index contributed by atoms with van der Waals surface area (Å²) in [6.07, 6.45) is 6.51. The number of carbonyl (C=O) groups is 1. The van der Waals surface area contributed by atoms with Gasteiger partial charge in [-0.3, -0.25) is 4.79 Å². The van der Waals surface area contributed by atoms with Crippen molar-refractivity contribution in [2.45, 2.75) is 38.1 Å². The summed E-state index contributed by atoms with van der Waals surface area (Å²) in [5, 5.41) is 3.63. The lowest BCUT2D eigenvalue weighted by Gasteiger charge is -2.32. The van der Waals surface area contributed by atoms with Crippen molar-refractivity contribution in [2.24, 2.45) is 5.92 Å². The van der Waals surface area contributed by atoms with Gasteiger partial charge in [0.2, 0.25) is 11.8 Å². The van der Waals surface area contributed by atoms with Gasteiger partial charge >= 0.3 is 0 Å². The van der Waals surface area contributed by atoms with Crippen molar-refractivity contribution < 1.29 is 13.6 Å². The first-order valence-electron chi connectivity index (χ1n) is 9.39. The molecule has 1 amide bonds. The van der Waals surface area contributed by atoms with E-state index in [0.717, 1.165) is 38.4 Å². The van der Waals surface area contributed by atoms with Gasteiger partial charge in [-0.15, -0.1) is 24.8 Å². The quantitative estimate of drug-likeness (QED) is 0.757. The van der Waals surface area contributed by atoms with E-state index in [1.165, 1.54) is 31.2 Å². The van der Waals surface area contributed by atoms with Crippen molar-refractivity contribution in [3.05, 3.63) is 42.0 Å². The number of amides is 1. The zero-order chi connectivity index (χ0) is 17.9. The Labute approximate surface area is 176 Å². The van der Waals surface area contributed by atoms with E-state index in [1.807, 2.05) is 4.90 Å². The number of rotatable bonds is 6. The Hall–Kier alpha value is -1.63. The summed E-state index contributed by atoms with van der Waals surface area (Å²) >= 11 is 0. The van der Waals surface area contributed by atoms with Gasteiger partial charge in [-0.05, 0) is 62.4 Å². The van der Waals surface area contributed by atoms with Gasteiger partial charge in [-0.2, -0.15) is 0 Å². The average Bonchev–Trinajstić information content (AvgIpc) is 3.38. The summed E-state index contributed by atoms with van der Waals surface area (Å²) in [6, 6.07) is 6.51. The fourth-order valence-corrected chi connectivity index (χ4v) is 3.37. The Morgan fingerprint density at radius 1 is 1.14 bits per heavy atom.